The van der Waals surface area contributed by atoms with Crippen LogP contribution in [0.25, 0.3) is 0 Å². The molecule has 0 bridgehead atoms. The van der Waals surface area contributed by atoms with E-state index in [9.17, 15) is 17.2 Å². The summed E-state index contributed by atoms with van der Waals surface area (Å²) in [5.74, 6) is 5.17. The van der Waals surface area contributed by atoms with Crippen LogP contribution in [0, 0.1) is 0 Å². The number of halogens is 2. The number of benzene rings is 1. The Balaban J connectivity index is 3.13. The van der Waals surface area contributed by atoms with E-state index in [0.717, 1.165) is 7.05 Å². The lowest BCUT2D eigenvalue weighted by Crippen LogP contribution is -2.32. The van der Waals surface area contributed by atoms with Gasteiger partial charge in [0, 0.05) is 7.05 Å². The third-order valence-corrected chi connectivity index (χ3v) is 4.01. The summed E-state index contributed by atoms with van der Waals surface area (Å²) in [4.78, 5) is -0.134. The minimum Gasteiger partial charge on any atom is -0.323 e. The van der Waals surface area contributed by atoms with Crippen molar-refractivity contribution in [2.75, 3.05) is 19.0 Å². The van der Waals surface area contributed by atoms with E-state index >= 15 is 0 Å². The van der Waals surface area contributed by atoms with Crippen LogP contribution in [0.2, 0.25) is 0 Å². The van der Waals surface area contributed by atoms with Crippen LogP contribution in [0.1, 0.15) is 0 Å². The highest BCUT2D eigenvalue weighted by atomic mass is 32.2. The van der Waals surface area contributed by atoms with Crippen LogP contribution in [0.15, 0.2) is 29.2 Å². The molecule has 0 aromatic heterocycles. The maximum atomic E-state index is 12.2. The maximum Gasteiger partial charge on any atom is 0.252 e. The molecule has 0 heterocycles. The van der Waals surface area contributed by atoms with Gasteiger partial charge in [0.05, 0.1) is 12.2 Å². The number of nitrogens with two attached hydrogens (primary N) is 1. The number of sulfonamides is 1. The fraction of sp³-hybridized carbons (Fsp3) is 0.333. The minimum atomic E-state index is -3.97. The van der Waals surface area contributed by atoms with Crippen molar-refractivity contribution in [3.05, 3.63) is 24.3 Å². The van der Waals surface area contributed by atoms with E-state index in [0.29, 0.717) is 4.31 Å². The molecule has 1 aromatic rings. The maximum absolute atomic E-state index is 12.2. The number of nitrogens with zero attached hydrogens (tertiary/aromatic N) is 1. The Hall–Kier alpha value is -1.25. The number of nitrogen functional groups attached to an aromatic ring is 1. The molecule has 17 heavy (non-hydrogen) atoms. The molecule has 8 heteroatoms. The van der Waals surface area contributed by atoms with E-state index in [1.54, 1.807) is 6.07 Å². The Labute approximate surface area is 98.2 Å². The zero-order valence-electron chi connectivity index (χ0n) is 9.10. The lowest BCUT2D eigenvalue weighted by atomic mass is 10.3. The highest BCUT2D eigenvalue weighted by Gasteiger charge is 2.25. The molecule has 0 aliphatic rings. The predicted molar refractivity (Wildman–Crippen MR) is 60.1 cm³/mol. The number of anilines is 1. The number of nitrogens with one attached hydrogen (secondary N) is 1. The molecule has 0 unspecified atom stereocenters. The summed E-state index contributed by atoms with van der Waals surface area (Å²) in [6.45, 7) is -0.860. The van der Waals surface area contributed by atoms with Crippen LogP contribution in [-0.2, 0) is 10.0 Å². The van der Waals surface area contributed by atoms with Gasteiger partial charge < -0.3 is 5.43 Å². The van der Waals surface area contributed by atoms with Crippen molar-refractivity contribution >= 4 is 15.7 Å². The zero-order chi connectivity index (χ0) is 13.1. The van der Waals surface area contributed by atoms with Crippen LogP contribution >= 0.6 is 0 Å². The molecule has 3 N–H and O–H groups in total. The van der Waals surface area contributed by atoms with Crippen molar-refractivity contribution in [2.24, 2.45) is 5.84 Å². The second kappa shape index (κ2) is 5.39. The Kier molecular flexibility index (Phi) is 4.38. The molecular formula is C9H13F2N3O2S. The van der Waals surface area contributed by atoms with Gasteiger partial charge in [0.2, 0.25) is 10.0 Å². The van der Waals surface area contributed by atoms with Crippen LogP contribution < -0.4 is 11.3 Å². The summed E-state index contributed by atoms with van der Waals surface area (Å²) in [5, 5.41) is 0. The average molecular weight is 265 g/mol. The van der Waals surface area contributed by atoms with E-state index in [1.165, 1.54) is 18.2 Å². The van der Waals surface area contributed by atoms with Gasteiger partial charge in [0.25, 0.3) is 6.43 Å². The van der Waals surface area contributed by atoms with E-state index in [2.05, 4.69) is 5.43 Å². The Morgan fingerprint density at radius 3 is 2.53 bits per heavy atom. The molecule has 0 radical (unpaired) electrons. The number of hydrazine groups is 1. The van der Waals surface area contributed by atoms with Gasteiger partial charge in [-0.2, -0.15) is 4.31 Å². The Morgan fingerprint density at radius 2 is 2.00 bits per heavy atom. The molecule has 1 rings (SSSR count). The monoisotopic (exact) mass is 265 g/mol. The molecule has 0 aliphatic heterocycles. The van der Waals surface area contributed by atoms with Gasteiger partial charge in [-0.3, -0.25) is 5.84 Å². The average Bonchev–Trinajstić information content (AvgIpc) is 2.28. The first-order valence-corrected chi connectivity index (χ1v) is 6.13. The lowest BCUT2D eigenvalue weighted by Gasteiger charge is -2.18. The van der Waals surface area contributed by atoms with Gasteiger partial charge in [-0.15, -0.1) is 0 Å². The lowest BCUT2D eigenvalue weighted by molar-refractivity contribution is 0.126. The first-order valence-electron chi connectivity index (χ1n) is 4.69. The van der Waals surface area contributed by atoms with Gasteiger partial charge in [-0.05, 0) is 12.1 Å². The zero-order valence-corrected chi connectivity index (χ0v) is 9.92. The van der Waals surface area contributed by atoms with Crippen LogP contribution in [0.3, 0.4) is 0 Å². The molecule has 1 aromatic carbocycles. The summed E-state index contributed by atoms with van der Waals surface area (Å²) in [6, 6.07) is 5.82. The van der Waals surface area contributed by atoms with Gasteiger partial charge in [0.15, 0.2) is 0 Å². The van der Waals surface area contributed by atoms with Crippen LogP contribution in [0.4, 0.5) is 14.5 Å². The summed E-state index contributed by atoms with van der Waals surface area (Å²) in [7, 11) is -2.87. The predicted octanol–water partition coefficient (Wildman–Crippen LogP) is 0.858. The van der Waals surface area contributed by atoms with Crippen molar-refractivity contribution in [2.45, 2.75) is 11.3 Å². The number of hydrogen-bond donors (Lipinski definition) is 2. The Bertz CT molecular complexity index is 479. The number of alkyl halides is 2. The molecular weight excluding hydrogens is 252 g/mol. The van der Waals surface area contributed by atoms with Crippen molar-refractivity contribution in [1.29, 1.82) is 0 Å². The molecule has 0 amide bonds. The molecule has 5 nitrogen and oxygen atoms in total. The van der Waals surface area contributed by atoms with E-state index in [1.807, 2.05) is 0 Å². The molecule has 0 aliphatic carbocycles. The number of hydrogen-bond acceptors (Lipinski definition) is 4. The van der Waals surface area contributed by atoms with Crippen molar-refractivity contribution < 1.29 is 17.2 Å². The molecule has 0 spiro atoms. The molecule has 96 valence electrons. The Morgan fingerprint density at radius 1 is 1.41 bits per heavy atom. The quantitative estimate of drug-likeness (QED) is 0.611. The number of rotatable bonds is 5. The minimum absolute atomic E-state index is 0.134. The molecule has 0 saturated carbocycles. The molecule has 0 fully saturated rings. The normalized spacial score (nSPS) is 12.1. The summed E-state index contributed by atoms with van der Waals surface area (Å²) in [6.07, 6.45) is -2.73. The summed E-state index contributed by atoms with van der Waals surface area (Å²) < 4.78 is 48.8. The third kappa shape index (κ3) is 3.11. The van der Waals surface area contributed by atoms with Crippen LogP contribution in [0.5, 0.6) is 0 Å². The van der Waals surface area contributed by atoms with Crippen molar-refractivity contribution in [3.63, 3.8) is 0 Å². The van der Waals surface area contributed by atoms with Gasteiger partial charge >= 0.3 is 0 Å². The van der Waals surface area contributed by atoms with Crippen LogP contribution in [-0.4, -0.2) is 32.7 Å². The third-order valence-electron chi connectivity index (χ3n) is 2.13. The molecule has 0 saturated heterocycles. The SMILES string of the molecule is CN(CC(F)F)S(=O)(=O)c1ccccc1NN. The van der Waals surface area contributed by atoms with Crippen molar-refractivity contribution in [1.82, 2.24) is 4.31 Å². The largest absolute Gasteiger partial charge is 0.323 e. The first kappa shape index (κ1) is 13.8. The second-order valence-electron chi connectivity index (χ2n) is 3.32. The topological polar surface area (TPSA) is 75.4 Å². The van der Waals surface area contributed by atoms with Gasteiger partial charge in [0.1, 0.15) is 4.90 Å². The highest BCUT2D eigenvalue weighted by molar-refractivity contribution is 7.89. The fourth-order valence-electron chi connectivity index (χ4n) is 1.27. The van der Waals surface area contributed by atoms with E-state index in [-0.39, 0.29) is 10.6 Å². The first-order chi connectivity index (χ1) is 7.89. The summed E-state index contributed by atoms with van der Waals surface area (Å²) >= 11 is 0. The van der Waals surface area contributed by atoms with Crippen molar-refractivity contribution in [3.8, 4) is 0 Å². The second-order valence-corrected chi connectivity index (χ2v) is 5.33. The smallest absolute Gasteiger partial charge is 0.252 e. The molecule has 0 atom stereocenters. The van der Waals surface area contributed by atoms with Gasteiger partial charge in [-0.1, -0.05) is 12.1 Å². The standard InChI is InChI=1S/C9H13F2N3O2S/c1-14(6-9(10)11)17(15,16)8-5-3-2-4-7(8)13-12/h2-5,9,13H,6,12H2,1H3. The van der Waals surface area contributed by atoms with Gasteiger partial charge in [-0.25, -0.2) is 17.2 Å². The number of para-hydroxylation sites is 1. The summed E-state index contributed by atoms with van der Waals surface area (Å²) in [5.41, 5.74) is 2.38. The van der Waals surface area contributed by atoms with E-state index < -0.39 is 23.0 Å². The fourth-order valence-corrected chi connectivity index (χ4v) is 2.57. The highest BCUT2D eigenvalue weighted by Crippen LogP contribution is 2.23. The van der Waals surface area contributed by atoms with E-state index in [4.69, 9.17) is 5.84 Å².